The number of benzene rings is 1. The number of hydrogen-bond acceptors (Lipinski definition) is 6. The lowest BCUT2D eigenvalue weighted by molar-refractivity contribution is 0.311. The van der Waals surface area contributed by atoms with Gasteiger partial charge in [-0.1, -0.05) is 11.2 Å². The smallest absolute Gasteiger partial charge is 0.250 e. The van der Waals surface area contributed by atoms with E-state index >= 15 is 0 Å². The minimum absolute atomic E-state index is 0.305. The zero-order valence-electron chi connectivity index (χ0n) is 14.0. The van der Waals surface area contributed by atoms with Gasteiger partial charge in [-0.2, -0.15) is 4.98 Å². The van der Waals surface area contributed by atoms with E-state index in [1.165, 1.54) is 0 Å². The van der Waals surface area contributed by atoms with Crippen LogP contribution in [-0.4, -0.2) is 36.9 Å². The number of nitrogens with one attached hydrogen (secondary N) is 1. The fourth-order valence-electron chi connectivity index (χ4n) is 2.03. The molecule has 6 heteroatoms. The minimum atomic E-state index is 0.305. The van der Waals surface area contributed by atoms with E-state index in [-0.39, 0.29) is 0 Å². The highest BCUT2D eigenvalue weighted by molar-refractivity contribution is 5.67. The molecule has 1 N–H and O–H groups in total. The van der Waals surface area contributed by atoms with E-state index in [1.54, 1.807) is 13.2 Å². The summed E-state index contributed by atoms with van der Waals surface area (Å²) in [5.74, 6) is 2.60. The molecule has 0 saturated heterocycles. The summed E-state index contributed by atoms with van der Waals surface area (Å²) in [7, 11) is 3.53. The van der Waals surface area contributed by atoms with Gasteiger partial charge in [0.2, 0.25) is 0 Å². The third kappa shape index (κ3) is 4.82. The van der Waals surface area contributed by atoms with Crippen LogP contribution in [0, 0.1) is 0 Å². The highest BCUT2D eigenvalue weighted by Gasteiger charge is 2.08. The summed E-state index contributed by atoms with van der Waals surface area (Å²) in [5.41, 5.74) is 0.970. The van der Waals surface area contributed by atoms with Crippen molar-refractivity contribution in [1.82, 2.24) is 15.5 Å². The Bertz CT molecular complexity index is 652. The van der Waals surface area contributed by atoms with Gasteiger partial charge in [0.25, 0.3) is 5.89 Å². The van der Waals surface area contributed by atoms with Gasteiger partial charge in [0, 0.05) is 18.5 Å². The molecular weight excluding hydrogens is 294 g/mol. The van der Waals surface area contributed by atoms with Gasteiger partial charge in [0.15, 0.2) is 17.3 Å². The molecule has 0 radical (unpaired) electrons. The van der Waals surface area contributed by atoms with Crippen LogP contribution in [0.4, 0.5) is 0 Å². The summed E-state index contributed by atoms with van der Waals surface area (Å²) < 4.78 is 16.1. The summed E-state index contributed by atoms with van der Waals surface area (Å²) in [5, 5.41) is 7.11. The van der Waals surface area contributed by atoms with E-state index in [4.69, 9.17) is 14.0 Å². The Morgan fingerprint density at radius 3 is 2.83 bits per heavy atom. The Balaban J connectivity index is 2.09. The number of likely N-dealkylation sites (N-methyl/N-ethyl adjacent to an activating group) is 1. The number of methoxy groups -OCH3 is 1. The third-order valence-electron chi connectivity index (χ3n) is 3.37. The Kier molecular flexibility index (Phi) is 6.17. The molecular formula is C17H23N3O3. The van der Waals surface area contributed by atoms with Gasteiger partial charge in [-0.05, 0) is 44.7 Å². The lowest BCUT2D eigenvalue weighted by Gasteiger charge is -2.09. The fraction of sp³-hybridized carbons (Fsp3) is 0.412. The summed E-state index contributed by atoms with van der Waals surface area (Å²) >= 11 is 0. The van der Waals surface area contributed by atoms with Crippen molar-refractivity contribution in [3.05, 3.63) is 35.5 Å². The highest BCUT2D eigenvalue weighted by atomic mass is 16.5. The van der Waals surface area contributed by atoms with Gasteiger partial charge in [-0.15, -0.1) is 0 Å². The van der Waals surface area contributed by atoms with E-state index < -0.39 is 0 Å². The van der Waals surface area contributed by atoms with Crippen molar-refractivity contribution in [2.24, 2.45) is 0 Å². The molecule has 2 rings (SSSR count). The largest absolute Gasteiger partial charge is 0.493 e. The SMILES string of the molecule is CCOc1cc(/C=C/c2nc(CC(C)NC)no2)ccc1OC. The number of rotatable bonds is 8. The standard InChI is InChI=1S/C17H23N3O3/c1-5-22-15-11-13(6-8-14(15)21-4)7-9-17-19-16(20-23-17)10-12(2)18-3/h6-9,11-12,18H,5,10H2,1-4H3/b9-7+. The minimum Gasteiger partial charge on any atom is -0.493 e. The predicted octanol–water partition coefficient (Wildman–Crippen LogP) is 2.80. The van der Waals surface area contributed by atoms with Crippen LogP contribution in [-0.2, 0) is 6.42 Å². The third-order valence-corrected chi connectivity index (χ3v) is 3.37. The van der Waals surface area contributed by atoms with Crippen molar-refractivity contribution < 1.29 is 14.0 Å². The van der Waals surface area contributed by atoms with Gasteiger partial charge in [-0.3, -0.25) is 0 Å². The van der Waals surface area contributed by atoms with Gasteiger partial charge in [-0.25, -0.2) is 0 Å². The van der Waals surface area contributed by atoms with Crippen molar-refractivity contribution in [3.8, 4) is 11.5 Å². The van der Waals surface area contributed by atoms with Crippen LogP contribution in [0.25, 0.3) is 12.2 Å². The first kappa shape index (κ1) is 17.0. The van der Waals surface area contributed by atoms with Crippen molar-refractivity contribution in [1.29, 1.82) is 0 Å². The second-order valence-electron chi connectivity index (χ2n) is 5.12. The molecule has 1 aromatic carbocycles. The maximum Gasteiger partial charge on any atom is 0.250 e. The zero-order chi connectivity index (χ0) is 16.7. The van der Waals surface area contributed by atoms with Crippen LogP contribution in [0.1, 0.15) is 31.1 Å². The first-order valence-electron chi connectivity index (χ1n) is 7.65. The molecule has 0 fully saturated rings. The van der Waals surface area contributed by atoms with Gasteiger partial charge >= 0.3 is 0 Å². The average Bonchev–Trinajstić information content (AvgIpc) is 3.00. The van der Waals surface area contributed by atoms with Crippen LogP contribution in [0.15, 0.2) is 22.7 Å². The fourth-order valence-corrected chi connectivity index (χ4v) is 2.03. The molecule has 1 atom stereocenters. The molecule has 0 aliphatic heterocycles. The molecule has 1 heterocycles. The molecule has 1 unspecified atom stereocenters. The van der Waals surface area contributed by atoms with E-state index in [0.717, 1.165) is 12.0 Å². The van der Waals surface area contributed by atoms with Crippen LogP contribution >= 0.6 is 0 Å². The number of hydrogen-bond donors (Lipinski definition) is 1. The number of aromatic nitrogens is 2. The molecule has 2 aromatic rings. The lowest BCUT2D eigenvalue weighted by Crippen LogP contribution is -2.24. The predicted molar refractivity (Wildman–Crippen MR) is 89.6 cm³/mol. The Morgan fingerprint density at radius 1 is 1.30 bits per heavy atom. The molecule has 124 valence electrons. The zero-order valence-corrected chi connectivity index (χ0v) is 14.0. The van der Waals surface area contributed by atoms with Gasteiger partial charge in [0.05, 0.1) is 13.7 Å². The monoisotopic (exact) mass is 317 g/mol. The van der Waals surface area contributed by atoms with Crippen molar-refractivity contribution in [2.75, 3.05) is 20.8 Å². The van der Waals surface area contributed by atoms with Crippen molar-refractivity contribution >= 4 is 12.2 Å². The van der Waals surface area contributed by atoms with E-state index in [9.17, 15) is 0 Å². The molecule has 0 saturated carbocycles. The Labute approximate surface area is 136 Å². The number of nitrogens with zero attached hydrogens (tertiary/aromatic N) is 2. The quantitative estimate of drug-likeness (QED) is 0.807. The van der Waals surface area contributed by atoms with Crippen molar-refractivity contribution in [2.45, 2.75) is 26.3 Å². The molecule has 6 nitrogen and oxygen atoms in total. The van der Waals surface area contributed by atoms with Gasteiger partial charge < -0.3 is 19.3 Å². The van der Waals surface area contributed by atoms with Gasteiger partial charge in [0.1, 0.15) is 0 Å². The summed E-state index contributed by atoms with van der Waals surface area (Å²) in [6.45, 7) is 4.59. The van der Waals surface area contributed by atoms with Crippen LogP contribution in [0.5, 0.6) is 11.5 Å². The first-order chi connectivity index (χ1) is 11.2. The summed E-state index contributed by atoms with van der Waals surface area (Å²) in [6.07, 6.45) is 4.42. The Morgan fingerprint density at radius 2 is 2.13 bits per heavy atom. The van der Waals surface area contributed by atoms with E-state index in [1.807, 2.05) is 38.2 Å². The topological polar surface area (TPSA) is 69.4 Å². The van der Waals surface area contributed by atoms with E-state index in [2.05, 4.69) is 22.4 Å². The van der Waals surface area contributed by atoms with Crippen LogP contribution in [0.3, 0.4) is 0 Å². The first-order valence-corrected chi connectivity index (χ1v) is 7.65. The molecule has 23 heavy (non-hydrogen) atoms. The summed E-state index contributed by atoms with van der Waals surface area (Å²) in [6, 6.07) is 6.04. The Hall–Kier alpha value is -2.34. The normalized spacial score (nSPS) is 12.5. The molecule has 0 aliphatic rings. The molecule has 0 aliphatic carbocycles. The highest BCUT2D eigenvalue weighted by Crippen LogP contribution is 2.28. The van der Waals surface area contributed by atoms with Crippen LogP contribution < -0.4 is 14.8 Å². The molecule has 0 bridgehead atoms. The maximum absolute atomic E-state index is 5.56. The summed E-state index contributed by atoms with van der Waals surface area (Å²) in [4.78, 5) is 4.35. The lowest BCUT2D eigenvalue weighted by atomic mass is 10.2. The number of ether oxygens (including phenoxy) is 2. The van der Waals surface area contributed by atoms with E-state index in [0.29, 0.717) is 35.9 Å². The molecule has 0 amide bonds. The van der Waals surface area contributed by atoms with Crippen molar-refractivity contribution in [3.63, 3.8) is 0 Å². The van der Waals surface area contributed by atoms with Crippen LogP contribution in [0.2, 0.25) is 0 Å². The second-order valence-corrected chi connectivity index (χ2v) is 5.12. The molecule has 0 spiro atoms. The molecule has 1 aromatic heterocycles. The average molecular weight is 317 g/mol. The second kappa shape index (κ2) is 8.33. The maximum atomic E-state index is 5.56.